The van der Waals surface area contributed by atoms with Gasteiger partial charge in [0.2, 0.25) is 6.29 Å². The van der Waals surface area contributed by atoms with Gasteiger partial charge in [-0.2, -0.15) is 0 Å². The molecule has 0 fully saturated rings. The summed E-state index contributed by atoms with van der Waals surface area (Å²) in [4.78, 5) is 0. The topological polar surface area (TPSA) is 77.4 Å². The molecule has 6 nitrogen and oxygen atoms in total. The van der Waals surface area contributed by atoms with E-state index in [0.717, 1.165) is 25.0 Å². The van der Waals surface area contributed by atoms with Crippen LogP contribution in [0.1, 0.15) is 49.9 Å². The fourth-order valence-corrected chi connectivity index (χ4v) is 2.52. The van der Waals surface area contributed by atoms with Crippen molar-refractivity contribution in [1.82, 2.24) is 0 Å². The molecule has 0 heterocycles. The molecule has 0 saturated heterocycles. The first-order chi connectivity index (χ1) is 13.6. The minimum atomic E-state index is -1.09. The molecule has 2 rings (SSSR count). The summed E-state index contributed by atoms with van der Waals surface area (Å²) in [6.45, 7) is 3.56. The third kappa shape index (κ3) is 7.48. The SMILES string of the molecule is CCCCCOc1ccc(C(O)Oc2ccc(C(O)OCCOC)cc2)cc1. The first kappa shape index (κ1) is 22.2. The van der Waals surface area contributed by atoms with Gasteiger partial charge in [-0.15, -0.1) is 0 Å². The highest BCUT2D eigenvalue weighted by atomic mass is 16.6. The van der Waals surface area contributed by atoms with Gasteiger partial charge in [-0.1, -0.05) is 31.9 Å². The van der Waals surface area contributed by atoms with Crippen molar-refractivity contribution in [3.05, 3.63) is 59.7 Å². The predicted molar refractivity (Wildman–Crippen MR) is 106 cm³/mol. The number of methoxy groups -OCH3 is 1. The number of ether oxygens (including phenoxy) is 4. The first-order valence-corrected chi connectivity index (χ1v) is 9.60. The Kier molecular flexibility index (Phi) is 9.79. The largest absolute Gasteiger partial charge is 0.494 e. The summed E-state index contributed by atoms with van der Waals surface area (Å²) >= 11 is 0. The zero-order chi connectivity index (χ0) is 20.2. The monoisotopic (exact) mass is 390 g/mol. The fraction of sp³-hybridized carbons (Fsp3) is 0.455. The maximum absolute atomic E-state index is 10.3. The average molecular weight is 390 g/mol. The minimum Gasteiger partial charge on any atom is -0.494 e. The van der Waals surface area contributed by atoms with Crippen LogP contribution >= 0.6 is 0 Å². The number of benzene rings is 2. The van der Waals surface area contributed by atoms with Crippen LogP contribution in [0.3, 0.4) is 0 Å². The highest BCUT2D eigenvalue weighted by molar-refractivity contribution is 5.31. The summed E-state index contributed by atoms with van der Waals surface area (Å²) in [6.07, 6.45) is 1.22. The maximum atomic E-state index is 10.3. The molecule has 6 heteroatoms. The van der Waals surface area contributed by atoms with E-state index in [1.807, 2.05) is 12.1 Å². The van der Waals surface area contributed by atoms with Crippen LogP contribution < -0.4 is 9.47 Å². The van der Waals surface area contributed by atoms with Crippen molar-refractivity contribution in [2.75, 3.05) is 26.9 Å². The molecule has 0 amide bonds. The quantitative estimate of drug-likeness (QED) is 0.398. The Morgan fingerprint density at radius 2 is 1.36 bits per heavy atom. The fourth-order valence-electron chi connectivity index (χ4n) is 2.52. The lowest BCUT2D eigenvalue weighted by atomic mass is 10.2. The Bertz CT molecular complexity index is 656. The zero-order valence-electron chi connectivity index (χ0n) is 16.5. The molecule has 2 atom stereocenters. The Hall–Kier alpha value is -2.12. The van der Waals surface area contributed by atoms with Crippen LogP contribution in [0.2, 0.25) is 0 Å². The molecule has 0 aliphatic heterocycles. The van der Waals surface area contributed by atoms with Crippen molar-refractivity contribution in [2.45, 2.75) is 38.8 Å². The summed E-state index contributed by atoms with van der Waals surface area (Å²) in [5, 5.41) is 20.2. The lowest BCUT2D eigenvalue weighted by Gasteiger charge is -2.16. The predicted octanol–water partition coefficient (Wildman–Crippen LogP) is 3.98. The third-order valence-electron chi connectivity index (χ3n) is 4.16. The Labute approximate surface area is 166 Å². The highest BCUT2D eigenvalue weighted by Crippen LogP contribution is 2.24. The lowest BCUT2D eigenvalue weighted by molar-refractivity contribution is -0.113. The van der Waals surface area contributed by atoms with Crippen molar-refractivity contribution in [3.63, 3.8) is 0 Å². The molecule has 0 radical (unpaired) electrons. The van der Waals surface area contributed by atoms with Gasteiger partial charge >= 0.3 is 0 Å². The number of hydrogen-bond acceptors (Lipinski definition) is 6. The van der Waals surface area contributed by atoms with E-state index in [0.29, 0.717) is 36.7 Å². The van der Waals surface area contributed by atoms with Crippen LogP contribution in [0, 0.1) is 0 Å². The van der Waals surface area contributed by atoms with E-state index in [2.05, 4.69) is 6.92 Å². The Morgan fingerprint density at radius 3 is 1.96 bits per heavy atom. The van der Waals surface area contributed by atoms with E-state index in [4.69, 9.17) is 18.9 Å². The van der Waals surface area contributed by atoms with Crippen LogP contribution in [0.15, 0.2) is 48.5 Å². The number of unbranched alkanes of at least 4 members (excludes halogenated alkanes) is 2. The molecular formula is C22H30O6. The summed E-state index contributed by atoms with van der Waals surface area (Å²) in [5.74, 6) is 1.26. The first-order valence-electron chi connectivity index (χ1n) is 9.60. The molecule has 0 aliphatic rings. The van der Waals surface area contributed by atoms with E-state index in [1.165, 1.54) is 0 Å². The van der Waals surface area contributed by atoms with Crippen molar-refractivity contribution < 1.29 is 29.2 Å². The molecule has 28 heavy (non-hydrogen) atoms. The van der Waals surface area contributed by atoms with Crippen LogP contribution in [0.25, 0.3) is 0 Å². The lowest BCUT2D eigenvalue weighted by Crippen LogP contribution is -2.09. The standard InChI is InChI=1S/C22H30O6/c1-3-4-5-14-26-19-10-6-18(7-11-19)22(24)28-20-12-8-17(9-13-20)21(23)27-16-15-25-2/h6-13,21-24H,3-5,14-16H2,1-2H3. The van der Waals surface area contributed by atoms with Crippen molar-refractivity contribution in [1.29, 1.82) is 0 Å². The molecule has 0 saturated carbocycles. The van der Waals surface area contributed by atoms with Crippen LogP contribution in [-0.2, 0) is 9.47 Å². The van der Waals surface area contributed by atoms with Gasteiger partial charge in [0.25, 0.3) is 0 Å². The molecule has 154 valence electrons. The number of hydrogen-bond donors (Lipinski definition) is 2. The average Bonchev–Trinajstić information content (AvgIpc) is 2.72. The molecule has 2 N–H and O–H groups in total. The smallest absolute Gasteiger partial charge is 0.224 e. The summed E-state index contributed by atoms with van der Waals surface area (Å²) in [7, 11) is 1.57. The molecule has 0 aliphatic carbocycles. The summed E-state index contributed by atoms with van der Waals surface area (Å²) in [6, 6.07) is 13.9. The Balaban J connectivity index is 1.84. The van der Waals surface area contributed by atoms with Gasteiger partial charge in [0.1, 0.15) is 11.5 Å². The van der Waals surface area contributed by atoms with E-state index >= 15 is 0 Å². The van der Waals surface area contributed by atoms with Crippen LogP contribution in [-0.4, -0.2) is 37.1 Å². The van der Waals surface area contributed by atoms with E-state index in [-0.39, 0.29) is 0 Å². The van der Waals surface area contributed by atoms with Gasteiger partial charge in [-0.25, -0.2) is 0 Å². The highest BCUT2D eigenvalue weighted by Gasteiger charge is 2.11. The van der Waals surface area contributed by atoms with Crippen LogP contribution in [0.5, 0.6) is 11.5 Å². The van der Waals surface area contributed by atoms with Gasteiger partial charge in [-0.3, -0.25) is 0 Å². The Morgan fingerprint density at radius 1 is 0.750 bits per heavy atom. The number of aliphatic hydroxyl groups excluding tert-OH is 2. The number of aliphatic hydroxyl groups is 2. The second-order valence-electron chi connectivity index (χ2n) is 6.38. The third-order valence-corrected chi connectivity index (χ3v) is 4.16. The van der Waals surface area contributed by atoms with Gasteiger partial charge < -0.3 is 29.2 Å². The molecule has 0 aromatic heterocycles. The number of rotatable bonds is 13. The van der Waals surface area contributed by atoms with Gasteiger partial charge in [0, 0.05) is 18.2 Å². The molecule has 2 aromatic carbocycles. The molecule has 0 spiro atoms. The summed E-state index contributed by atoms with van der Waals surface area (Å²) < 4.78 is 21.3. The second kappa shape index (κ2) is 12.4. The summed E-state index contributed by atoms with van der Waals surface area (Å²) in [5.41, 5.74) is 1.23. The van der Waals surface area contributed by atoms with Gasteiger partial charge in [0.15, 0.2) is 6.29 Å². The normalized spacial score (nSPS) is 13.1. The van der Waals surface area contributed by atoms with Gasteiger partial charge in [0.05, 0.1) is 19.8 Å². The molecule has 0 bridgehead atoms. The second-order valence-corrected chi connectivity index (χ2v) is 6.38. The van der Waals surface area contributed by atoms with Crippen molar-refractivity contribution >= 4 is 0 Å². The van der Waals surface area contributed by atoms with Crippen molar-refractivity contribution in [2.24, 2.45) is 0 Å². The van der Waals surface area contributed by atoms with Crippen molar-refractivity contribution in [3.8, 4) is 11.5 Å². The van der Waals surface area contributed by atoms with E-state index in [1.54, 1.807) is 43.5 Å². The molecule has 2 aromatic rings. The van der Waals surface area contributed by atoms with E-state index < -0.39 is 12.6 Å². The molecular weight excluding hydrogens is 360 g/mol. The van der Waals surface area contributed by atoms with Crippen LogP contribution in [0.4, 0.5) is 0 Å². The zero-order valence-corrected chi connectivity index (χ0v) is 16.5. The minimum absolute atomic E-state index is 0.299. The molecule has 2 unspecified atom stereocenters. The van der Waals surface area contributed by atoms with E-state index in [9.17, 15) is 10.2 Å². The maximum Gasteiger partial charge on any atom is 0.224 e. The van der Waals surface area contributed by atoms with Gasteiger partial charge in [-0.05, 0) is 42.8 Å².